The van der Waals surface area contributed by atoms with E-state index in [2.05, 4.69) is 24.1 Å². The first-order valence-corrected chi connectivity index (χ1v) is 5.38. The Morgan fingerprint density at radius 2 is 2.20 bits per heavy atom. The van der Waals surface area contributed by atoms with E-state index in [9.17, 15) is 0 Å². The van der Waals surface area contributed by atoms with E-state index >= 15 is 0 Å². The van der Waals surface area contributed by atoms with Crippen molar-refractivity contribution in [2.45, 2.75) is 19.4 Å². The van der Waals surface area contributed by atoms with Crippen LogP contribution in [0, 0.1) is 0 Å². The molecule has 0 amide bonds. The second kappa shape index (κ2) is 6.40. The number of hydrogen-bond donors (Lipinski definition) is 2. The number of ether oxygens (including phenoxy) is 2. The van der Waals surface area contributed by atoms with Crippen LogP contribution >= 0.6 is 0 Å². The van der Waals surface area contributed by atoms with Crippen molar-refractivity contribution in [3.05, 3.63) is 0 Å². The summed E-state index contributed by atoms with van der Waals surface area (Å²) in [4.78, 5) is 2.07. The summed E-state index contributed by atoms with van der Waals surface area (Å²) in [7, 11) is 0. The van der Waals surface area contributed by atoms with E-state index in [1.54, 1.807) is 0 Å². The minimum Gasteiger partial charge on any atom is -0.395 e. The molecule has 0 aromatic heterocycles. The molecule has 90 valence electrons. The molecule has 0 unspecified atom stereocenters. The lowest BCUT2D eigenvalue weighted by atomic mass is 10.1. The standard InChI is InChI=1S/C5H11NO2.C5H11NO/c7-3-1-6-2-4-8-5-6;1-5(2)3-7-4-6-5/h7H,1-5H2;6H,3-4H2,1-2H3. The highest BCUT2D eigenvalue weighted by molar-refractivity contribution is 4.78. The highest BCUT2D eigenvalue weighted by atomic mass is 16.5. The number of nitrogens with zero attached hydrogens (tertiary/aromatic N) is 1. The summed E-state index contributed by atoms with van der Waals surface area (Å²) >= 11 is 0. The van der Waals surface area contributed by atoms with Crippen molar-refractivity contribution in [1.29, 1.82) is 0 Å². The highest BCUT2D eigenvalue weighted by Gasteiger charge is 2.21. The molecule has 2 rings (SSSR count). The zero-order valence-corrected chi connectivity index (χ0v) is 9.66. The average Bonchev–Trinajstić information content (AvgIpc) is 2.78. The second-order valence-electron chi connectivity index (χ2n) is 4.43. The molecule has 0 spiro atoms. The van der Waals surface area contributed by atoms with Crippen LogP contribution in [0.3, 0.4) is 0 Å². The molecule has 15 heavy (non-hydrogen) atoms. The maximum absolute atomic E-state index is 8.43. The second-order valence-corrected chi connectivity index (χ2v) is 4.43. The van der Waals surface area contributed by atoms with Gasteiger partial charge in [-0.25, -0.2) is 0 Å². The number of nitrogens with one attached hydrogen (secondary N) is 1. The van der Waals surface area contributed by atoms with Crippen molar-refractivity contribution < 1.29 is 14.6 Å². The molecule has 2 fully saturated rings. The van der Waals surface area contributed by atoms with Crippen LogP contribution in [0.5, 0.6) is 0 Å². The minimum absolute atomic E-state index is 0.222. The normalized spacial score (nSPS) is 25.0. The summed E-state index contributed by atoms with van der Waals surface area (Å²) in [6, 6.07) is 0. The molecule has 5 heteroatoms. The molecule has 0 atom stereocenters. The van der Waals surface area contributed by atoms with Crippen molar-refractivity contribution in [2.75, 3.05) is 46.4 Å². The van der Waals surface area contributed by atoms with Crippen LogP contribution in [0.25, 0.3) is 0 Å². The van der Waals surface area contributed by atoms with Gasteiger partial charge >= 0.3 is 0 Å². The first-order chi connectivity index (χ1) is 7.14. The van der Waals surface area contributed by atoms with E-state index in [0.717, 1.165) is 26.3 Å². The van der Waals surface area contributed by atoms with Gasteiger partial charge in [0.2, 0.25) is 0 Å². The molecule has 0 bridgehead atoms. The van der Waals surface area contributed by atoms with Crippen molar-refractivity contribution in [2.24, 2.45) is 0 Å². The van der Waals surface area contributed by atoms with Crippen LogP contribution in [-0.4, -0.2) is 61.9 Å². The monoisotopic (exact) mass is 218 g/mol. The number of β-amino-alcohol motifs (C(OH)–C–C–N with tert-alkyl or cyclic N) is 1. The topological polar surface area (TPSA) is 54.0 Å². The fourth-order valence-corrected chi connectivity index (χ4v) is 1.37. The Morgan fingerprint density at radius 1 is 1.40 bits per heavy atom. The molecular weight excluding hydrogens is 196 g/mol. The summed E-state index contributed by atoms with van der Waals surface area (Å²) in [5.74, 6) is 0. The van der Waals surface area contributed by atoms with Gasteiger partial charge in [-0.1, -0.05) is 0 Å². The summed E-state index contributed by atoms with van der Waals surface area (Å²) in [5, 5.41) is 11.6. The van der Waals surface area contributed by atoms with Gasteiger partial charge in [0.15, 0.2) is 0 Å². The Bertz CT molecular complexity index is 162. The predicted molar refractivity (Wildman–Crippen MR) is 57.5 cm³/mol. The fourth-order valence-electron chi connectivity index (χ4n) is 1.37. The molecule has 5 nitrogen and oxygen atoms in total. The van der Waals surface area contributed by atoms with E-state index in [4.69, 9.17) is 14.6 Å². The Kier molecular flexibility index (Phi) is 5.49. The molecule has 0 aromatic rings. The van der Waals surface area contributed by atoms with Gasteiger partial charge < -0.3 is 14.6 Å². The van der Waals surface area contributed by atoms with Gasteiger partial charge in [-0.15, -0.1) is 0 Å². The van der Waals surface area contributed by atoms with Crippen LogP contribution in [0.2, 0.25) is 0 Å². The maximum Gasteiger partial charge on any atom is 0.0992 e. The van der Waals surface area contributed by atoms with E-state index in [1.807, 2.05) is 0 Å². The van der Waals surface area contributed by atoms with Gasteiger partial charge in [0.25, 0.3) is 0 Å². The van der Waals surface area contributed by atoms with Crippen molar-refractivity contribution in [3.63, 3.8) is 0 Å². The van der Waals surface area contributed by atoms with Crippen molar-refractivity contribution in [1.82, 2.24) is 10.2 Å². The third-order valence-corrected chi connectivity index (χ3v) is 2.36. The lowest BCUT2D eigenvalue weighted by Gasteiger charge is -2.12. The summed E-state index contributed by atoms with van der Waals surface area (Å²) < 4.78 is 10.1. The Balaban J connectivity index is 0.000000151. The molecule has 0 saturated carbocycles. The molecule has 2 aliphatic heterocycles. The van der Waals surface area contributed by atoms with E-state index in [1.165, 1.54) is 0 Å². The molecule has 0 radical (unpaired) electrons. The number of rotatable bonds is 2. The Labute approximate surface area is 91.3 Å². The van der Waals surface area contributed by atoms with Crippen LogP contribution < -0.4 is 5.32 Å². The molecule has 0 aromatic carbocycles. The summed E-state index contributed by atoms with van der Waals surface area (Å²) in [6.07, 6.45) is 0. The van der Waals surface area contributed by atoms with Gasteiger partial charge in [0.05, 0.1) is 33.3 Å². The molecule has 2 N–H and O–H groups in total. The summed E-state index contributed by atoms with van der Waals surface area (Å²) in [6.45, 7) is 9.28. The SMILES string of the molecule is CC1(C)COCN1.OCCN1CCOC1. The third kappa shape index (κ3) is 5.44. The van der Waals surface area contributed by atoms with E-state index in [0.29, 0.717) is 13.5 Å². The number of aliphatic hydroxyl groups excluding tert-OH is 1. The molecule has 0 aliphatic carbocycles. The average molecular weight is 218 g/mol. The highest BCUT2D eigenvalue weighted by Crippen LogP contribution is 2.06. The molecular formula is C10H22N2O3. The van der Waals surface area contributed by atoms with E-state index in [-0.39, 0.29) is 12.1 Å². The number of aliphatic hydroxyl groups is 1. The first kappa shape index (κ1) is 12.9. The zero-order chi connectivity index (χ0) is 11.1. The first-order valence-electron chi connectivity index (χ1n) is 5.38. The zero-order valence-electron chi connectivity index (χ0n) is 9.66. The smallest absolute Gasteiger partial charge is 0.0992 e. The summed E-state index contributed by atoms with van der Waals surface area (Å²) in [5.41, 5.74) is 0.222. The number of hydrogen-bond acceptors (Lipinski definition) is 5. The van der Waals surface area contributed by atoms with Gasteiger partial charge in [-0.3, -0.25) is 10.2 Å². The van der Waals surface area contributed by atoms with Crippen molar-refractivity contribution in [3.8, 4) is 0 Å². The predicted octanol–water partition coefficient (Wildman–Crippen LogP) is -0.389. The van der Waals surface area contributed by atoms with E-state index < -0.39 is 0 Å². The lowest BCUT2D eigenvalue weighted by Crippen LogP contribution is -2.34. The molecule has 2 aliphatic rings. The van der Waals surface area contributed by atoms with Crippen LogP contribution in [0.1, 0.15) is 13.8 Å². The van der Waals surface area contributed by atoms with Gasteiger partial charge in [-0.05, 0) is 13.8 Å². The fraction of sp³-hybridized carbons (Fsp3) is 1.00. The minimum atomic E-state index is 0.222. The Hall–Kier alpha value is -0.200. The van der Waals surface area contributed by atoms with Gasteiger partial charge in [0, 0.05) is 18.6 Å². The lowest BCUT2D eigenvalue weighted by molar-refractivity contribution is 0.125. The molecule has 2 heterocycles. The quantitative estimate of drug-likeness (QED) is 0.661. The largest absolute Gasteiger partial charge is 0.395 e. The third-order valence-electron chi connectivity index (χ3n) is 2.36. The van der Waals surface area contributed by atoms with Gasteiger partial charge in [0.1, 0.15) is 0 Å². The molecule has 2 saturated heterocycles. The van der Waals surface area contributed by atoms with Crippen LogP contribution in [0.4, 0.5) is 0 Å². The Morgan fingerprint density at radius 3 is 2.53 bits per heavy atom. The van der Waals surface area contributed by atoms with Crippen LogP contribution in [-0.2, 0) is 9.47 Å². The van der Waals surface area contributed by atoms with Gasteiger partial charge in [-0.2, -0.15) is 0 Å². The maximum atomic E-state index is 8.43. The van der Waals surface area contributed by atoms with Crippen molar-refractivity contribution >= 4 is 0 Å². The van der Waals surface area contributed by atoms with Crippen LogP contribution in [0.15, 0.2) is 0 Å².